The highest BCUT2D eigenvalue weighted by Gasteiger charge is 2.46. The largest absolute Gasteiger partial charge is 0.467 e. The molecular weight excluding hydrogens is 399 g/mol. The Labute approximate surface area is 172 Å². The number of amides is 1. The van der Waals surface area contributed by atoms with E-state index in [9.17, 15) is 14.0 Å². The Bertz CT molecular complexity index is 912. The number of methoxy groups -OCH3 is 3. The second kappa shape index (κ2) is 8.56. The molecule has 1 fully saturated rings. The molecule has 1 aliphatic rings. The second-order valence-electron chi connectivity index (χ2n) is 6.75. The van der Waals surface area contributed by atoms with E-state index in [4.69, 9.17) is 14.2 Å². The van der Waals surface area contributed by atoms with Gasteiger partial charge >= 0.3 is 5.97 Å². The maximum atomic E-state index is 13.7. The number of piperidine rings is 1. The van der Waals surface area contributed by atoms with Crippen LogP contribution in [0.3, 0.4) is 0 Å². The minimum Gasteiger partial charge on any atom is -0.467 e. The van der Waals surface area contributed by atoms with E-state index in [0.29, 0.717) is 28.3 Å². The van der Waals surface area contributed by atoms with Crippen LogP contribution >= 0.6 is 11.3 Å². The average molecular weight is 422 g/mol. The van der Waals surface area contributed by atoms with E-state index in [-0.39, 0.29) is 12.2 Å². The zero-order valence-corrected chi connectivity index (χ0v) is 17.5. The van der Waals surface area contributed by atoms with E-state index in [1.54, 1.807) is 19.1 Å². The van der Waals surface area contributed by atoms with E-state index in [1.807, 2.05) is 0 Å². The normalized spacial score (nSPS) is 18.5. The first kappa shape index (κ1) is 21.4. The summed E-state index contributed by atoms with van der Waals surface area (Å²) in [5.74, 6) is -2.40. The average Bonchev–Trinajstić information content (AvgIpc) is 3.14. The first-order valence-corrected chi connectivity index (χ1v) is 9.88. The van der Waals surface area contributed by atoms with Crippen molar-refractivity contribution in [3.8, 4) is 10.4 Å². The lowest BCUT2D eigenvalue weighted by molar-refractivity contribution is -0.234. The number of benzene rings is 1. The van der Waals surface area contributed by atoms with Crippen LogP contribution in [-0.2, 0) is 19.0 Å². The van der Waals surface area contributed by atoms with Crippen molar-refractivity contribution in [1.82, 2.24) is 9.88 Å². The summed E-state index contributed by atoms with van der Waals surface area (Å²) in [6.07, 6.45) is 0.745. The van der Waals surface area contributed by atoms with Gasteiger partial charge in [0, 0.05) is 20.6 Å². The van der Waals surface area contributed by atoms with E-state index in [2.05, 4.69) is 4.98 Å². The SMILES string of the molecule is COC(=O)C1CCC(OC)(OC)CN1C(=O)c1nc(C)sc1-c1cccc(F)c1. The Morgan fingerprint density at radius 2 is 2.00 bits per heavy atom. The van der Waals surface area contributed by atoms with E-state index >= 15 is 0 Å². The maximum Gasteiger partial charge on any atom is 0.328 e. The van der Waals surface area contributed by atoms with Crippen molar-refractivity contribution in [2.75, 3.05) is 27.9 Å². The lowest BCUT2D eigenvalue weighted by Crippen LogP contribution is -2.59. The van der Waals surface area contributed by atoms with Crippen LogP contribution in [0.4, 0.5) is 4.39 Å². The summed E-state index contributed by atoms with van der Waals surface area (Å²) in [6.45, 7) is 1.81. The molecule has 1 atom stereocenters. The number of nitrogens with zero attached hydrogens (tertiary/aromatic N) is 2. The lowest BCUT2D eigenvalue weighted by Gasteiger charge is -2.43. The summed E-state index contributed by atoms with van der Waals surface area (Å²) in [5.41, 5.74) is 0.713. The molecule has 0 radical (unpaired) electrons. The number of hydrogen-bond acceptors (Lipinski definition) is 7. The highest BCUT2D eigenvalue weighted by molar-refractivity contribution is 7.15. The summed E-state index contributed by atoms with van der Waals surface area (Å²) in [5, 5.41) is 0.656. The molecule has 0 bridgehead atoms. The minimum absolute atomic E-state index is 0.0394. The predicted molar refractivity (Wildman–Crippen MR) is 105 cm³/mol. The predicted octanol–water partition coefficient (Wildman–Crippen LogP) is 3.02. The van der Waals surface area contributed by atoms with Crippen LogP contribution < -0.4 is 0 Å². The fourth-order valence-electron chi connectivity index (χ4n) is 3.51. The van der Waals surface area contributed by atoms with Gasteiger partial charge in [0.05, 0.1) is 23.5 Å². The number of carbonyl (C=O) groups excluding carboxylic acids is 2. The Morgan fingerprint density at radius 3 is 2.62 bits per heavy atom. The number of halogens is 1. The molecule has 1 aromatic heterocycles. The summed E-state index contributed by atoms with van der Waals surface area (Å²) >= 11 is 1.29. The molecule has 0 saturated carbocycles. The molecule has 0 spiro atoms. The van der Waals surface area contributed by atoms with Crippen LogP contribution in [0.1, 0.15) is 28.3 Å². The van der Waals surface area contributed by atoms with E-state index in [0.717, 1.165) is 0 Å². The zero-order valence-electron chi connectivity index (χ0n) is 16.7. The van der Waals surface area contributed by atoms with Crippen LogP contribution in [0.5, 0.6) is 0 Å². The molecule has 156 valence electrons. The summed E-state index contributed by atoms with van der Waals surface area (Å²) < 4.78 is 29.7. The third-order valence-electron chi connectivity index (χ3n) is 5.09. The highest BCUT2D eigenvalue weighted by atomic mass is 32.1. The Balaban J connectivity index is 2.03. The number of aryl methyl sites for hydroxylation is 1. The van der Waals surface area contributed by atoms with Gasteiger partial charge in [0.2, 0.25) is 0 Å². The van der Waals surface area contributed by atoms with Crippen molar-refractivity contribution in [2.45, 2.75) is 31.6 Å². The fraction of sp³-hybridized carbons (Fsp3) is 0.450. The number of likely N-dealkylation sites (tertiary alicyclic amines) is 1. The molecule has 2 aromatic rings. The number of esters is 1. The molecule has 1 aromatic carbocycles. The van der Waals surface area contributed by atoms with Crippen molar-refractivity contribution in [3.63, 3.8) is 0 Å². The van der Waals surface area contributed by atoms with Gasteiger partial charge < -0.3 is 19.1 Å². The standard InChI is InChI=1S/C20H23FN2O5S/c1-12-22-16(17(29-12)13-6-5-7-14(21)10-13)18(24)23-11-20(27-3,28-4)9-8-15(23)19(25)26-2/h5-7,10,15H,8-9,11H2,1-4H3. The smallest absolute Gasteiger partial charge is 0.328 e. The van der Waals surface area contributed by atoms with E-state index < -0.39 is 29.5 Å². The monoisotopic (exact) mass is 422 g/mol. The third kappa shape index (κ3) is 4.17. The van der Waals surface area contributed by atoms with Gasteiger partial charge in [0.15, 0.2) is 5.79 Å². The first-order chi connectivity index (χ1) is 13.8. The third-order valence-corrected chi connectivity index (χ3v) is 6.11. The topological polar surface area (TPSA) is 78.0 Å². The van der Waals surface area contributed by atoms with Crippen LogP contribution in [0.15, 0.2) is 24.3 Å². The van der Waals surface area contributed by atoms with E-state index in [1.165, 1.54) is 49.7 Å². The molecule has 1 saturated heterocycles. The zero-order chi connectivity index (χ0) is 21.2. The van der Waals surface area contributed by atoms with Crippen molar-refractivity contribution in [1.29, 1.82) is 0 Å². The second-order valence-corrected chi connectivity index (χ2v) is 7.95. The maximum absolute atomic E-state index is 13.7. The number of ether oxygens (including phenoxy) is 3. The van der Waals surface area contributed by atoms with Crippen LogP contribution in [0.2, 0.25) is 0 Å². The first-order valence-electron chi connectivity index (χ1n) is 9.06. The number of rotatable bonds is 5. The van der Waals surface area contributed by atoms with Gasteiger partial charge in [-0.05, 0) is 31.0 Å². The molecule has 1 aliphatic heterocycles. The summed E-state index contributed by atoms with van der Waals surface area (Å²) in [6, 6.07) is 5.20. The molecule has 3 rings (SSSR count). The molecule has 7 nitrogen and oxygen atoms in total. The van der Waals surface area contributed by atoms with Crippen molar-refractivity contribution >= 4 is 23.2 Å². The van der Waals surface area contributed by atoms with Crippen molar-refractivity contribution in [2.24, 2.45) is 0 Å². The molecular formula is C20H23FN2O5S. The molecule has 0 N–H and O–H groups in total. The minimum atomic E-state index is -1.02. The molecule has 1 unspecified atom stereocenters. The van der Waals surface area contributed by atoms with Gasteiger partial charge in [-0.1, -0.05) is 12.1 Å². The molecule has 0 aliphatic carbocycles. The van der Waals surface area contributed by atoms with Gasteiger partial charge in [-0.2, -0.15) is 0 Å². The van der Waals surface area contributed by atoms with Crippen molar-refractivity contribution < 1.29 is 28.2 Å². The number of carbonyl (C=O) groups is 2. The van der Waals surface area contributed by atoms with Gasteiger partial charge in [-0.25, -0.2) is 14.2 Å². The Hall–Kier alpha value is -2.36. The molecule has 1 amide bonds. The summed E-state index contributed by atoms with van der Waals surface area (Å²) in [7, 11) is 4.27. The number of hydrogen-bond donors (Lipinski definition) is 0. The van der Waals surface area contributed by atoms with Crippen molar-refractivity contribution in [3.05, 3.63) is 40.8 Å². The van der Waals surface area contributed by atoms with Gasteiger partial charge in [0.1, 0.15) is 17.6 Å². The number of thiazole rings is 1. The van der Waals surface area contributed by atoms with Crippen LogP contribution in [0, 0.1) is 12.7 Å². The van der Waals surface area contributed by atoms with Crippen LogP contribution in [-0.4, -0.2) is 61.5 Å². The molecule has 2 heterocycles. The molecule has 9 heteroatoms. The molecule has 29 heavy (non-hydrogen) atoms. The van der Waals surface area contributed by atoms with Gasteiger partial charge in [-0.15, -0.1) is 11.3 Å². The van der Waals surface area contributed by atoms with Gasteiger partial charge in [-0.3, -0.25) is 4.79 Å². The summed E-state index contributed by atoms with van der Waals surface area (Å²) in [4.78, 5) is 32.1. The van der Waals surface area contributed by atoms with Crippen LogP contribution in [0.25, 0.3) is 10.4 Å². The number of aromatic nitrogens is 1. The Kier molecular flexibility index (Phi) is 6.30. The fourth-order valence-corrected chi connectivity index (χ4v) is 4.41. The quantitative estimate of drug-likeness (QED) is 0.545. The lowest BCUT2D eigenvalue weighted by atomic mass is 9.96. The van der Waals surface area contributed by atoms with Gasteiger partial charge in [0.25, 0.3) is 5.91 Å². The Morgan fingerprint density at radius 1 is 1.28 bits per heavy atom. The highest BCUT2D eigenvalue weighted by Crippen LogP contribution is 2.35.